The van der Waals surface area contributed by atoms with E-state index in [1.54, 1.807) is 24.2 Å². The highest BCUT2D eigenvalue weighted by Crippen LogP contribution is 2.03. The summed E-state index contributed by atoms with van der Waals surface area (Å²) < 4.78 is 12.3. The molecule has 0 aliphatic rings. The van der Waals surface area contributed by atoms with Crippen molar-refractivity contribution >= 4 is 13.6 Å². The number of benzene rings is 1. The molecule has 0 heterocycles. The minimum atomic E-state index is -0.244. The fraction of sp³-hybridized carbons (Fsp3) is 0. The van der Waals surface area contributed by atoms with Gasteiger partial charge in [0.05, 0.1) is 0 Å². The van der Waals surface area contributed by atoms with Crippen LogP contribution in [0.5, 0.6) is 0 Å². The van der Waals surface area contributed by atoms with Crippen molar-refractivity contribution in [3.8, 4) is 0 Å². The normalized spacial score (nSPS) is 10.4. The van der Waals surface area contributed by atoms with E-state index in [0.717, 1.165) is 5.56 Å². The van der Waals surface area contributed by atoms with Crippen molar-refractivity contribution < 1.29 is 9.41 Å². The molecule has 56 valence electrons. The molecular formula is C8H8BFO. The van der Waals surface area contributed by atoms with Crippen molar-refractivity contribution in [2.24, 2.45) is 0 Å². The maximum Gasteiger partial charge on any atom is 0.297 e. The van der Waals surface area contributed by atoms with Gasteiger partial charge in [-0.05, 0) is 17.7 Å². The lowest BCUT2D eigenvalue weighted by Crippen LogP contribution is -1.78. The summed E-state index contributed by atoms with van der Waals surface area (Å²) in [4.78, 5) is 0. The van der Waals surface area contributed by atoms with Gasteiger partial charge in [0.1, 0.15) is 5.82 Å². The maximum absolute atomic E-state index is 12.3. The zero-order chi connectivity index (χ0) is 8.10. The SMILES string of the molecule is OB/C=C/c1ccc(F)cc1. The quantitative estimate of drug-likeness (QED) is 0.626. The lowest BCUT2D eigenvalue weighted by atomic mass is 10.0. The summed E-state index contributed by atoms with van der Waals surface area (Å²) in [6.07, 6.45) is 1.74. The first kappa shape index (κ1) is 8.02. The highest BCUT2D eigenvalue weighted by atomic mass is 19.1. The van der Waals surface area contributed by atoms with Crippen LogP contribution in [0.15, 0.2) is 30.2 Å². The van der Waals surface area contributed by atoms with Crippen molar-refractivity contribution in [1.29, 1.82) is 0 Å². The van der Waals surface area contributed by atoms with E-state index in [1.165, 1.54) is 12.1 Å². The largest absolute Gasteiger partial charge is 0.450 e. The Balaban J connectivity index is 2.73. The van der Waals surface area contributed by atoms with Crippen molar-refractivity contribution in [2.75, 3.05) is 0 Å². The summed E-state index contributed by atoms with van der Waals surface area (Å²) in [5.74, 6) is 1.36. The minimum Gasteiger partial charge on any atom is -0.450 e. The average Bonchev–Trinajstić information content (AvgIpc) is 2.04. The molecule has 0 radical (unpaired) electrons. The van der Waals surface area contributed by atoms with Crippen LogP contribution in [0, 0.1) is 5.82 Å². The van der Waals surface area contributed by atoms with Gasteiger partial charge in [-0.2, -0.15) is 0 Å². The summed E-state index contributed by atoms with van der Waals surface area (Å²) in [5.41, 5.74) is 0.889. The molecule has 0 aromatic heterocycles. The molecule has 11 heavy (non-hydrogen) atoms. The second-order valence-electron chi connectivity index (χ2n) is 2.14. The van der Waals surface area contributed by atoms with Crippen LogP contribution in [0.1, 0.15) is 5.56 Å². The zero-order valence-corrected chi connectivity index (χ0v) is 6.00. The van der Waals surface area contributed by atoms with Crippen LogP contribution < -0.4 is 0 Å². The van der Waals surface area contributed by atoms with Gasteiger partial charge in [-0.15, -0.1) is 0 Å². The van der Waals surface area contributed by atoms with Crippen molar-refractivity contribution in [3.63, 3.8) is 0 Å². The Bertz CT molecular complexity index is 243. The van der Waals surface area contributed by atoms with E-state index in [1.807, 2.05) is 0 Å². The Morgan fingerprint density at radius 3 is 2.45 bits per heavy atom. The van der Waals surface area contributed by atoms with E-state index in [0.29, 0.717) is 0 Å². The fourth-order valence-corrected chi connectivity index (χ4v) is 0.763. The lowest BCUT2D eigenvalue weighted by molar-refractivity contribution is 0.615. The Labute approximate surface area is 65.5 Å². The first-order chi connectivity index (χ1) is 5.33. The topological polar surface area (TPSA) is 20.2 Å². The van der Waals surface area contributed by atoms with Gasteiger partial charge in [-0.25, -0.2) is 4.39 Å². The molecule has 0 aliphatic heterocycles. The van der Waals surface area contributed by atoms with Crippen molar-refractivity contribution in [2.45, 2.75) is 0 Å². The van der Waals surface area contributed by atoms with E-state index in [9.17, 15) is 4.39 Å². The first-order valence-corrected chi connectivity index (χ1v) is 3.36. The molecule has 0 atom stereocenters. The molecule has 0 aliphatic carbocycles. The van der Waals surface area contributed by atoms with Gasteiger partial charge >= 0.3 is 0 Å². The molecule has 0 amide bonds. The fourth-order valence-electron chi connectivity index (χ4n) is 0.763. The average molecular weight is 150 g/mol. The van der Waals surface area contributed by atoms with Crippen LogP contribution in [0.25, 0.3) is 6.08 Å². The number of hydrogen-bond donors (Lipinski definition) is 1. The molecule has 0 unspecified atom stereocenters. The Hall–Kier alpha value is -1.09. The summed E-state index contributed by atoms with van der Waals surface area (Å²) in [6, 6.07) is 6.08. The highest BCUT2D eigenvalue weighted by molar-refractivity contribution is 6.33. The van der Waals surface area contributed by atoms with Crippen LogP contribution in [0.2, 0.25) is 0 Å². The molecule has 1 nitrogen and oxygen atoms in total. The van der Waals surface area contributed by atoms with Gasteiger partial charge in [0, 0.05) is 0 Å². The van der Waals surface area contributed by atoms with Crippen LogP contribution >= 0.6 is 0 Å². The third-order valence-corrected chi connectivity index (χ3v) is 1.29. The van der Waals surface area contributed by atoms with Gasteiger partial charge < -0.3 is 5.02 Å². The Morgan fingerprint density at radius 2 is 1.91 bits per heavy atom. The maximum atomic E-state index is 12.3. The summed E-state index contributed by atoms with van der Waals surface area (Å²) in [5, 5.41) is 8.42. The van der Waals surface area contributed by atoms with Crippen LogP contribution in [-0.4, -0.2) is 12.5 Å². The Kier molecular flexibility index (Phi) is 2.87. The molecule has 0 saturated heterocycles. The first-order valence-electron chi connectivity index (χ1n) is 3.36. The van der Waals surface area contributed by atoms with E-state index >= 15 is 0 Å². The summed E-state index contributed by atoms with van der Waals surface area (Å²) in [7, 11) is 0.0113. The standard InChI is InChI=1S/C8H8BFO/c10-8-3-1-7(2-4-8)5-6-9-11/h1-6,9,11H/b6-5+. The second-order valence-corrected chi connectivity index (χ2v) is 2.14. The van der Waals surface area contributed by atoms with E-state index in [-0.39, 0.29) is 13.3 Å². The molecule has 1 rings (SSSR count). The smallest absolute Gasteiger partial charge is 0.297 e. The number of hydrogen-bond acceptors (Lipinski definition) is 1. The predicted octanol–water partition coefficient (Wildman–Crippen LogP) is 1.14. The van der Waals surface area contributed by atoms with E-state index in [4.69, 9.17) is 5.02 Å². The van der Waals surface area contributed by atoms with Crippen LogP contribution in [0.3, 0.4) is 0 Å². The van der Waals surface area contributed by atoms with Crippen LogP contribution in [-0.2, 0) is 0 Å². The van der Waals surface area contributed by atoms with Gasteiger partial charge in [0.25, 0.3) is 7.48 Å². The van der Waals surface area contributed by atoms with Crippen molar-refractivity contribution in [3.05, 3.63) is 41.6 Å². The lowest BCUT2D eigenvalue weighted by Gasteiger charge is -1.90. The number of rotatable bonds is 2. The minimum absolute atomic E-state index is 0.0113. The summed E-state index contributed by atoms with van der Waals surface area (Å²) >= 11 is 0. The molecule has 3 heteroatoms. The molecule has 0 saturated carbocycles. The molecule has 1 aromatic rings. The molecular weight excluding hydrogens is 142 g/mol. The van der Waals surface area contributed by atoms with Crippen LogP contribution in [0.4, 0.5) is 4.39 Å². The van der Waals surface area contributed by atoms with Gasteiger partial charge in [0.2, 0.25) is 0 Å². The molecule has 0 spiro atoms. The molecule has 0 bridgehead atoms. The molecule has 1 N–H and O–H groups in total. The molecule has 1 aromatic carbocycles. The van der Waals surface area contributed by atoms with E-state index < -0.39 is 0 Å². The third-order valence-electron chi connectivity index (χ3n) is 1.29. The molecule has 0 fully saturated rings. The second kappa shape index (κ2) is 3.93. The zero-order valence-electron chi connectivity index (χ0n) is 6.00. The van der Waals surface area contributed by atoms with Gasteiger partial charge in [-0.3, -0.25) is 0 Å². The van der Waals surface area contributed by atoms with E-state index in [2.05, 4.69) is 0 Å². The van der Waals surface area contributed by atoms with Crippen molar-refractivity contribution in [1.82, 2.24) is 0 Å². The predicted molar refractivity (Wildman–Crippen MR) is 44.8 cm³/mol. The third kappa shape index (κ3) is 2.56. The summed E-state index contributed by atoms with van der Waals surface area (Å²) in [6.45, 7) is 0. The van der Waals surface area contributed by atoms with Gasteiger partial charge in [-0.1, -0.05) is 24.2 Å². The number of halogens is 1. The highest BCUT2D eigenvalue weighted by Gasteiger charge is 1.87. The monoisotopic (exact) mass is 150 g/mol. The van der Waals surface area contributed by atoms with Gasteiger partial charge in [0.15, 0.2) is 0 Å². The Morgan fingerprint density at radius 1 is 1.27 bits per heavy atom.